The first-order valence-electron chi connectivity index (χ1n) is 8.07. The number of amides is 1. The molecule has 0 saturated carbocycles. The van der Waals surface area contributed by atoms with Crippen molar-refractivity contribution in [2.75, 3.05) is 37.0 Å². The molecule has 3 heterocycles. The van der Waals surface area contributed by atoms with Crippen molar-refractivity contribution >= 4 is 17.8 Å². The summed E-state index contributed by atoms with van der Waals surface area (Å²) in [5, 5.41) is 2.73. The lowest BCUT2D eigenvalue weighted by Crippen LogP contribution is -2.27. The molecule has 2 aromatic heterocycles. The highest BCUT2D eigenvalue weighted by Crippen LogP contribution is 2.17. The van der Waals surface area contributed by atoms with Gasteiger partial charge in [0.2, 0.25) is 11.9 Å². The molecular formula is C16H20N6O3. The van der Waals surface area contributed by atoms with Gasteiger partial charge in [0.1, 0.15) is 6.26 Å². The van der Waals surface area contributed by atoms with Crippen molar-refractivity contribution in [1.29, 1.82) is 0 Å². The average Bonchev–Trinajstić information content (AvgIpc) is 3.14. The lowest BCUT2D eigenvalue weighted by Gasteiger charge is -2.18. The SMILES string of the molecule is CN(C)c1nc(CNC(=O)c2ccc(=O)oc2)nc(N2CCCC2)n1. The van der Waals surface area contributed by atoms with Crippen LogP contribution in [0.1, 0.15) is 29.0 Å². The Kier molecular flexibility index (Phi) is 4.92. The number of carbonyl (C=O) groups excluding carboxylic acids is 1. The summed E-state index contributed by atoms with van der Waals surface area (Å²) < 4.78 is 4.70. The fourth-order valence-electron chi connectivity index (χ4n) is 2.48. The summed E-state index contributed by atoms with van der Waals surface area (Å²) in [5.41, 5.74) is -0.235. The monoisotopic (exact) mass is 344 g/mol. The maximum atomic E-state index is 12.1. The Morgan fingerprint density at radius 2 is 2.00 bits per heavy atom. The highest BCUT2D eigenvalue weighted by molar-refractivity contribution is 5.93. The van der Waals surface area contributed by atoms with E-state index in [1.165, 1.54) is 12.1 Å². The first kappa shape index (κ1) is 16.9. The zero-order valence-corrected chi connectivity index (χ0v) is 14.2. The predicted octanol–water partition coefficient (Wildman–Crippen LogP) is 0.421. The van der Waals surface area contributed by atoms with Crippen molar-refractivity contribution in [2.45, 2.75) is 19.4 Å². The number of anilines is 2. The third-order valence-electron chi connectivity index (χ3n) is 3.82. The number of hydrogen-bond acceptors (Lipinski definition) is 8. The molecule has 3 rings (SSSR count). The molecule has 0 unspecified atom stereocenters. The van der Waals surface area contributed by atoms with E-state index in [0.717, 1.165) is 32.2 Å². The van der Waals surface area contributed by atoms with Gasteiger partial charge in [0.05, 0.1) is 12.1 Å². The zero-order valence-electron chi connectivity index (χ0n) is 14.2. The van der Waals surface area contributed by atoms with E-state index in [1.807, 2.05) is 14.1 Å². The number of carbonyl (C=O) groups is 1. The first-order valence-corrected chi connectivity index (χ1v) is 8.07. The third-order valence-corrected chi connectivity index (χ3v) is 3.82. The van der Waals surface area contributed by atoms with Crippen molar-refractivity contribution in [3.05, 3.63) is 40.2 Å². The molecule has 9 nitrogen and oxygen atoms in total. The van der Waals surface area contributed by atoms with Crippen molar-refractivity contribution in [1.82, 2.24) is 20.3 Å². The van der Waals surface area contributed by atoms with Gasteiger partial charge in [0, 0.05) is 33.3 Å². The normalized spacial score (nSPS) is 13.8. The summed E-state index contributed by atoms with van der Waals surface area (Å²) in [6.45, 7) is 2.00. The summed E-state index contributed by atoms with van der Waals surface area (Å²) in [5.74, 6) is 1.29. The van der Waals surface area contributed by atoms with Gasteiger partial charge in [-0.25, -0.2) is 4.79 Å². The lowest BCUT2D eigenvalue weighted by molar-refractivity contribution is 0.0947. The van der Waals surface area contributed by atoms with E-state index >= 15 is 0 Å². The summed E-state index contributed by atoms with van der Waals surface area (Å²) in [4.78, 5) is 40.3. The van der Waals surface area contributed by atoms with Gasteiger partial charge in [-0.1, -0.05) is 0 Å². The van der Waals surface area contributed by atoms with Crippen LogP contribution in [0.25, 0.3) is 0 Å². The first-order chi connectivity index (χ1) is 12.0. The molecule has 1 saturated heterocycles. The van der Waals surface area contributed by atoms with Crippen molar-refractivity contribution in [3.63, 3.8) is 0 Å². The van der Waals surface area contributed by atoms with Crippen LogP contribution in [0.15, 0.2) is 27.6 Å². The van der Waals surface area contributed by atoms with E-state index in [0.29, 0.717) is 17.7 Å². The minimum absolute atomic E-state index is 0.155. The molecule has 1 aliphatic heterocycles. The molecule has 1 aliphatic rings. The van der Waals surface area contributed by atoms with E-state index in [1.54, 1.807) is 4.90 Å². The second-order valence-electron chi connectivity index (χ2n) is 5.97. The fourth-order valence-corrected chi connectivity index (χ4v) is 2.48. The summed E-state index contributed by atoms with van der Waals surface area (Å²) in [6.07, 6.45) is 3.37. The van der Waals surface area contributed by atoms with Crippen molar-refractivity contribution in [2.24, 2.45) is 0 Å². The largest absolute Gasteiger partial charge is 0.430 e. The van der Waals surface area contributed by atoms with Crippen LogP contribution in [-0.4, -0.2) is 48.0 Å². The second kappa shape index (κ2) is 7.29. The molecule has 0 radical (unpaired) electrons. The van der Waals surface area contributed by atoms with Crippen LogP contribution < -0.4 is 20.7 Å². The van der Waals surface area contributed by atoms with Gasteiger partial charge in [-0.15, -0.1) is 0 Å². The molecule has 2 aromatic rings. The number of nitrogens with zero attached hydrogens (tertiary/aromatic N) is 5. The Bertz CT molecular complexity index is 793. The molecule has 1 fully saturated rings. The van der Waals surface area contributed by atoms with Gasteiger partial charge in [-0.2, -0.15) is 15.0 Å². The molecule has 132 valence electrons. The summed E-state index contributed by atoms with van der Waals surface area (Å²) in [7, 11) is 3.72. The van der Waals surface area contributed by atoms with Crippen LogP contribution in [0.3, 0.4) is 0 Å². The molecule has 9 heteroatoms. The van der Waals surface area contributed by atoms with Crippen molar-refractivity contribution < 1.29 is 9.21 Å². The fraction of sp³-hybridized carbons (Fsp3) is 0.438. The smallest absolute Gasteiger partial charge is 0.335 e. The molecule has 25 heavy (non-hydrogen) atoms. The molecule has 0 atom stereocenters. The van der Waals surface area contributed by atoms with Crippen LogP contribution in [0.4, 0.5) is 11.9 Å². The Morgan fingerprint density at radius 3 is 2.64 bits per heavy atom. The Labute approximate surface area is 144 Å². The second-order valence-corrected chi connectivity index (χ2v) is 5.97. The van der Waals surface area contributed by atoms with E-state index in [-0.39, 0.29) is 18.0 Å². The van der Waals surface area contributed by atoms with Gasteiger partial charge >= 0.3 is 5.63 Å². The maximum Gasteiger partial charge on any atom is 0.335 e. The van der Waals surface area contributed by atoms with Gasteiger partial charge in [0.15, 0.2) is 5.82 Å². The molecule has 0 aliphatic carbocycles. The minimum atomic E-state index is -0.500. The number of aromatic nitrogens is 3. The van der Waals surface area contributed by atoms with Crippen LogP contribution in [0.5, 0.6) is 0 Å². The summed E-state index contributed by atoms with van der Waals surface area (Å²) in [6, 6.07) is 2.61. The maximum absolute atomic E-state index is 12.1. The van der Waals surface area contributed by atoms with Crippen LogP contribution >= 0.6 is 0 Å². The predicted molar refractivity (Wildman–Crippen MR) is 91.7 cm³/mol. The number of hydrogen-bond donors (Lipinski definition) is 1. The number of nitrogens with one attached hydrogen (secondary N) is 1. The highest BCUT2D eigenvalue weighted by Gasteiger charge is 2.18. The van der Waals surface area contributed by atoms with Gasteiger partial charge in [0.25, 0.3) is 5.91 Å². The Morgan fingerprint density at radius 1 is 1.24 bits per heavy atom. The minimum Gasteiger partial charge on any atom is -0.430 e. The molecule has 0 spiro atoms. The van der Waals surface area contributed by atoms with Crippen molar-refractivity contribution in [3.8, 4) is 0 Å². The molecule has 0 bridgehead atoms. The van der Waals surface area contributed by atoms with E-state index in [2.05, 4.69) is 25.2 Å². The highest BCUT2D eigenvalue weighted by atomic mass is 16.4. The van der Waals surface area contributed by atoms with Gasteiger partial charge in [-0.3, -0.25) is 4.79 Å². The van der Waals surface area contributed by atoms with E-state index in [9.17, 15) is 9.59 Å². The Balaban J connectivity index is 1.75. The lowest BCUT2D eigenvalue weighted by atomic mass is 10.3. The Hall–Kier alpha value is -2.97. The topological polar surface area (TPSA) is 104 Å². The molecular weight excluding hydrogens is 324 g/mol. The quantitative estimate of drug-likeness (QED) is 0.832. The molecule has 1 amide bonds. The van der Waals surface area contributed by atoms with E-state index in [4.69, 9.17) is 4.42 Å². The van der Waals surface area contributed by atoms with Crippen LogP contribution in [0.2, 0.25) is 0 Å². The van der Waals surface area contributed by atoms with Crippen LogP contribution in [0, 0.1) is 0 Å². The van der Waals surface area contributed by atoms with Crippen LogP contribution in [-0.2, 0) is 6.54 Å². The summed E-state index contributed by atoms with van der Waals surface area (Å²) >= 11 is 0. The zero-order chi connectivity index (χ0) is 17.8. The third kappa shape index (κ3) is 4.11. The number of rotatable bonds is 5. The van der Waals surface area contributed by atoms with Gasteiger partial charge < -0.3 is 19.5 Å². The standard InChI is InChI=1S/C16H20N6O3/c1-21(2)15-18-12(19-16(20-15)22-7-3-4-8-22)9-17-14(24)11-5-6-13(23)25-10-11/h5-6,10H,3-4,7-9H2,1-2H3,(H,17,24). The van der Waals surface area contributed by atoms with E-state index < -0.39 is 5.63 Å². The average molecular weight is 344 g/mol. The van der Waals surface area contributed by atoms with Gasteiger partial charge in [-0.05, 0) is 18.9 Å². The molecule has 0 aromatic carbocycles. The molecule has 1 N–H and O–H groups in total.